The minimum absolute atomic E-state index is 0.00405. The van der Waals surface area contributed by atoms with Crippen LogP contribution in [0.5, 0.6) is 0 Å². The average Bonchev–Trinajstić information content (AvgIpc) is 3.05. The topological polar surface area (TPSA) is 59.1 Å². The quantitative estimate of drug-likeness (QED) is 0.696. The van der Waals surface area contributed by atoms with Gasteiger partial charge < -0.3 is 19.3 Å². The third-order valence-corrected chi connectivity index (χ3v) is 6.79. The van der Waals surface area contributed by atoms with Crippen LogP contribution >= 0.6 is 11.8 Å². The van der Waals surface area contributed by atoms with E-state index in [0.717, 1.165) is 51.9 Å². The lowest BCUT2D eigenvalue weighted by Crippen LogP contribution is -2.39. The van der Waals surface area contributed by atoms with Gasteiger partial charge in [-0.1, -0.05) is 0 Å². The van der Waals surface area contributed by atoms with Crippen molar-refractivity contribution < 1.29 is 19.1 Å². The van der Waals surface area contributed by atoms with Crippen LogP contribution in [-0.2, 0) is 19.1 Å². The van der Waals surface area contributed by atoms with Crippen LogP contribution in [0, 0.1) is 0 Å². The molecule has 7 heteroatoms. The minimum Gasteiger partial charge on any atom is -0.460 e. The van der Waals surface area contributed by atoms with Crippen LogP contribution in [0.25, 0.3) is 0 Å². The molecule has 0 aromatic carbocycles. The molecule has 3 heterocycles. The van der Waals surface area contributed by atoms with Crippen molar-refractivity contribution in [3.05, 3.63) is 0 Å². The number of likely N-dealkylation sites (N-methyl/N-ethyl adjacent to an activating group) is 2. The first-order chi connectivity index (χ1) is 12.0. The summed E-state index contributed by atoms with van der Waals surface area (Å²) < 4.78 is 11.4. The number of hydrogen-bond acceptors (Lipinski definition) is 7. The number of carbonyl (C=O) groups is 2. The molecule has 0 aliphatic carbocycles. The van der Waals surface area contributed by atoms with Crippen molar-refractivity contribution in [2.45, 2.75) is 61.2 Å². The van der Waals surface area contributed by atoms with E-state index in [4.69, 9.17) is 9.47 Å². The molecule has 0 aromatic heterocycles. The zero-order valence-electron chi connectivity index (χ0n) is 15.3. The first-order valence-corrected chi connectivity index (χ1v) is 10.4. The van der Waals surface area contributed by atoms with Gasteiger partial charge in [-0.2, -0.15) is 0 Å². The Morgan fingerprint density at radius 3 is 1.64 bits per heavy atom. The first kappa shape index (κ1) is 19.0. The molecule has 4 atom stereocenters. The maximum absolute atomic E-state index is 12.4. The Bertz CT molecular complexity index is 448. The highest BCUT2D eigenvalue weighted by molar-refractivity contribution is 8.02. The second kappa shape index (κ2) is 8.73. The van der Waals surface area contributed by atoms with Crippen molar-refractivity contribution >= 4 is 23.7 Å². The summed E-state index contributed by atoms with van der Waals surface area (Å²) in [5.41, 5.74) is 0. The summed E-state index contributed by atoms with van der Waals surface area (Å²) in [5, 5.41) is -0.447. The van der Waals surface area contributed by atoms with Crippen LogP contribution in [0.15, 0.2) is 0 Å². The highest BCUT2D eigenvalue weighted by Crippen LogP contribution is 2.36. The van der Waals surface area contributed by atoms with Gasteiger partial charge in [-0.3, -0.25) is 9.59 Å². The number of hydrogen-bond donors (Lipinski definition) is 0. The molecule has 0 N–H and O–H groups in total. The summed E-state index contributed by atoms with van der Waals surface area (Å²) in [7, 11) is 4.11. The summed E-state index contributed by atoms with van der Waals surface area (Å²) in [6, 6.07) is 0. The maximum atomic E-state index is 12.4. The van der Waals surface area contributed by atoms with Crippen molar-refractivity contribution in [2.24, 2.45) is 0 Å². The average molecular weight is 371 g/mol. The van der Waals surface area contributed by atoms with Crippen LogP contribution in [0.2, 0.25) is 0 Å². The molecule has 6 nitrogen and oxygen atoms in total. The fourth-order valence-corrected chi connectivity index (χ4v) is 5.17. The molecule has 25 heavy (non-hydrogen) atoms. The van der Waals surface area contributed by atoms with Gasteiger partial charge in [-0.25, -0.2) is 0 Å². The van der Waals surface area contributed by atoms with Gasteiger partial charge in [-0.05, 0) is 65.7 Å². The number of nitrogens with zero attached hydrogens (tertiary/aromatic N) is 2. The van der Waals surface area contributed by atoms with E-state index in [9.17, 15) is 9.59 Å². The van der Waals surface area contributed by atoms with Crippen molar-refractivity contribution in [3.63, 3.8) is 0 Å². The Morgan fingerprint density at radius 2 is 1.24 bits per heavy atom. The number of likely N-dealkylation sites (tertiary alicyclic amines) is 2. The minimum atomic E-state index is -0.223. The molecule has 142 valence electrons. The highest BCUT2D eigenvalue weighted by atomic mass is 32.2. The van der Waals surface area contributed by atoms with Gasteiger partial charge in [0.15, 0.2) is 0 Å². The number of piperidine rings is 2. The second-order valence-electron chi connectivity index (χ2n) is 7.62. The molecular formula is C18H30N2O4S. The van der Waals surface area contributed by atoms with Gasteiger partial charge in [0.2, 0.25) is 0 Å². The monoisotopic (exact) mass is 370 g/mol. The molecule has 0 amide bonds. The fourth-order valence-electron chi connectivity index (χ4n) is 3.89. The van der Waals surface area contributed by atoms with Crippen LogP contribution < -0.4 is 0 Å². The van der Waals surface area contributed by atoms with Crippen LogP contribution in [-0.4, -0.2) is 84.7 Å². The van der Waals surface area contributed by atoms with Crippen LogP contribution in [0.4, 0.5) is 0 Å². The number of esters is 2. The molecule has 0 spiro atoms. The second-order valence-corrected chi connectivity index (χ2v) is 9.03. The summed E-state index contributed by atoms with van der Waals surface area (Å²) in [6.07, 6.45) is 5.41. The molecule has 3 aliphatic heterocycles. The molecule has 0 bridgehead atoms. The number of rotatable bonds is 4. The van der Waals surface area contributed by atoms with Crippen molar-refractivity contribution in [1.29, 1.82) is 0 Å². The molecule has 0 aromatic rings. The molecule has 0 saturated carbocycles. The maximum Gasteiger partial charge on any atom is 0.319 e. The number of carbonyl (C=O) groups excluding carboxylic acids is 2. The first-order valence-electron chi connectivity index (χ1n) is 9.45. The Labute approximate surface area is 154 Å². The van der Waals surface area contributed by atoms with Crippen molar-refractivity contribution in [1.82, 2.24) is 9.80 Å². The summed E-state index contributed by atoms with van der Waals surface area (Å²) >= 11 is 1.43. The summed E-state index contributed by atoms with van der Waals surface area (Å²) in [6.45, 7) is 3.75. The Kier molecular flexibility index (Phi) is 6.63. The molecule has 3 fully saturated rings. The lowest BCUT2D eigenvalue weighted by Gasteiger charge is -2.30. The van der Waals surface area contributed by atoms with E-state index in [2.05, 4.69) is 23.9 Å². The zero-order valence-corrected chi connectivity index (χ0v) is 16.1. The molecule has 3 rings (SSSR count). The van der Waals surface area contributed by atoms with Gasteiger partial charge in [0.1, 0.15) is 22.7 Å². The zero-order chi connectivity index (χ0) is 17.8. The van der Waals surface area contributed by atoms with E-state index >= 15 is 0 Å². The van der Waals surface area contributed by atoms with E-state index in [-0.39, 0.29) is 34.6 Å². The van der Waals surface area contributed by atoms with Crippen molar-refractivity contribution in [2.75, 3.05) is 40.3 Å². The standard InChI is InChI=1S/C18H30N2O4S/c1-19-9-3-5-13(11-19)23-17(21)15-7-8-16(25-15)18(22)24-14-6-4-10-20(2)12-14/h13-16H,3-12H2,1-2H3. The predicted octanol–water partition coefficient (Wildman–Crippen LogP) is 1.53. The Balaban J connectivity index is 1.42. The summed E-state index contributed by atoms with van der Waals surface area (Å²) in [4.78, 5) is 29.2. The van der Waals surface area contributed by atoms with Crippen LogP contribution in [0.1, 0.15) is 38.5 Å². The normalized spacial score (nSPS) is 34.6. The van der Waals surface area contributed by atoms with E-state index in [1.807, 2.05) is 0 Å². The van der Waals surface area contributed by atoms with E-state index in [1.165, 1.54) is 11.8 Å². The van der Waals surface area contributed by atoms with E-state index in [1.54, 1.807) is 0 Å². The summed E-state index contributed by atoms with van der Waals surface area (Å²) in [5.74, 6) is -0.309. The molecule has 3 saturated heterocycles. The van der Waals surface area contributed by atoms with Crippen LogP contribution in [0.3, 0.4) is 0 Å². The van der Waals surface area contributed by atoms with E-state index in [0.29, 0.717) is 12.8 Å². The third kappa shape index (κ3) is 5.34. The third-order valence-electron chi connectivity index (χ3n) is 5.27. The lowest BCUT2D eigenvalue weighted by molar-refractivity contribution is -0.151. The van der Waals surface area contributed by atoms with Gasteiger partial charge in [-0.15, -0.1) is 11.8 Å². The lowest BCUT2D eigenvalue weighted by atomic mass is 10.1. The van der Waals surface area contributed by atoms with Gasteiger partial charge >= 0.3 is 11.9 Å². The Hall–Kier alpha value is -0.790. The SMILES string of the molecule is CN1CCCC(OC(=O)C2CCC(C(=O)OC3CCCN(C)C3)S2)C1. The van der Waals surface area contributed by atoms with Gasteiger partial charge in [0.25, 0.3) is 0 Å². The number of ether oxygens (including phenoxy) is 2. The van der Waals surface area contributed by atoms with Crippen molar-refractivity contribution in [3.8, 4) is 0 Å². The highest BCUT2D eigenvalue weighted by Gasteiger charge is 2.38. The smallest absolute Gasteiger partial charge is 0.319 e. The number of thioether (sulfide) groups is 1. The Morgan fingerprint density at radius 1 is 0.800 bits per heavy atom. The van der Waals surface area contributed by atoms with Gasteiger partial charge in [0, 0.05) is 13.1 Å². The molecule has 3 aliphatic rings. The molecule has 0 radical (unpaired) electrons. The van der Waals surface area contributed by atoms with Gasteiger partial charge in [0.05, 0.1) is 0 Å². The fraction of sp³-hybridized carbons (Fsp3) is 0.889. The van der Waals surface area contributed by atoms with E-state index < -0.39 is 0 Å². The molecule has 4 unspecified atom stereocenters. The molecular weight excluding hydrogens is 340 g/mol. The largest absolute Gasteiger partial charge is 0.460 e. The predicted molar refractivity (Wildman–Crippen MR) is 97.6 cm³/mol.